The molecule has 4 nitrogen and oxygen atoms in total. The van der Waals surface area contributed by atoms with Crippen molar-refractivity contribution in [3.05, 3.63) is 29.6 Å². The van der Waals surface area contributed by atoms with Crippen LogP contribution in [0.4, 0.5) is 0 Å². The number of nitrogens with zero attached hydrogens (tertiary/aromatic N) is 1. The van der Waals surface area contributed by atoms with Gasteiger partial charge in [-0.25, -0.2) is 4.79 Å². The molecule has 2 N–H and O–H groups in total. The van der Waals surface area contributed by atoms with Crippen LogP contribution < -0.4 is 5.73 Å². The van der Waals surface area contributed by atoms with Crippen LogP contribution in [0.2, 0.25) is 0 Å². The lowest BCUT2D eigenvalue weighted by molar-refractivity contribution is 0.00671. The summed E-state index contributed by atoms with van der Waals surface area (Å²) in [6.07, 6.45) is 2.37. The number of rotatable bonds is 3. The summed E-state index contributed by atoms with van der Waals surface area (Å²) in [7, 11) is 0. The molecule has 1 atom stereocenters. The van der Waals surface area contributed by atoms with Gasteiger partial charge in [0.25, 0.3) is 0 Å². The summed E-state index contributed by atoms with van der Waals surface area (Å²) in [5.41, 5.74) is 6.47. The molecule has 0 radical (unpaired) electrons. The van der Waals surface area contributed by atoms with Gasteiger partial charge in [-0.3, -0.25) is 4.98 Å². The van der Waals surface area contributed by atoms with Crippen LogP contribution in [0.5, 0.6) is 0 Å². The number of nitrogens with two attached hydrogens (primary N) is 1. The highest BCUT2D eigenvalue weighted by atomic mass is 16.6. The third kappa shape index (κ3) is 3.82. The van der Waals surface area contributed by atoms with Gasteiger partial charge in [-0.1, -0.05) is 6.92 Å². The predicted octanol–water partition coefficient (Wildman–Crippen LogP) is 2.45. The average molecular weight is 236 g/mol. The van der Waals surface area contributed by atoms with Gasteiger partial charge in [-0.05, 0) is 39.3 Å². The molecule has 0 aromatic carbocycles. The highest BCUT2D eigenvalue weighted by Gasteiger charge is 2.22. The molecule has 0 aliphatic carbocycles. The highest BCUT2D eigenvalue weighted by molar-refractivity contribution is 5.91. The second-order valence-corrected chi connectivity index (χ2v) is 4.95. The summed E-state index contributed by atoms with van der Waals surface area (Å²) >= 11 is 0. The molecule has 0 spiro atoms. The minimum Gasteiger partial charge on any atom is -0.456 e. The molecule has 1 rings (SSSR count). The normalized spacial score (nSPS) is 13.2. The van der Waals surface area contributed by atoms with Gasteiger partial charge in [0.1, 0.15) is 5.60 Å². The van der Waals surface area contributed by atoms with Gasteiger partial charge in [0.2, 0.25) is 0 Å². The largest absolute Gasteiger partial charge is 0.456 e. The summed E-state index contributed by atoms with van der Waals surface area (Å²) < 4.78 is 5.32. The Kier molecular flexibility index (Phi) is 4.23. The number of carbonyl (C=O) groups is 1. The number of carbonyl (C=O) groups excluding carboxylic acids is 1. The van der Waals surface area contributed by atoms with Crippen LogP contribution in [0.3, 0.4) is 0 Å². The van der Waals surface area contributed by atoms with Crippen molar-refractivity contribution in [2.45, 2.75) is 45.8 Å². The van der Waals surface area contributed by atoms with Crippen molar-refractivity contribution in [1.82, 2.24) is 4.98 Å². The fourth-order valence-electron chi connectivity index (χ4n) is 1.41. The van der Waals surface area contributed by atoms with Gasteiger partial charge in [-0.2, -0.15) is 0 Å². The average Bonchev–Trinajstić information content (AvgIpc) is 2.25. The third-order valence-electron chi connectivity index (χ3n) is 2.25. The quantitative estimate of drug-likeness (QED) is 0.819. The molecule has 1 aromatic heterocycles. The Morgan fingerprint density at radius 2 is 2.18 bits per heavy atom. The molecule has 17 heavy (non-hydrogen) atoms. The maximum Gasteiger partial charge on any atom is 0.340 e. The molecule has 0 aliphatic heterocycles. The van der Waals surface area contributed by atoms with Crippen molar-refractivity contribution in [3.63, 3.8) is 0 Å². The number of esters is 1. The molecule has 0 fully saturated rings. The van der Waals surface area contributed by atoms with Crippen LogP contribution in [-0.2, 0) is 4.74 Å². The predicted molar refractivity (Wildman–Crippen MR) is 66.6 cm³/mol. The van der Waals surface area contributed by atoms with E-state index in [1.54, 1.807) is 18.3 Å². The molecule has 0 amide bonds. The zero-order chi connectivity index (χ0) is 13.1. The summed E-state index contributed by atoms with van der Waals surface area (Å²) in [5, 5.41) is 0. The van der Waals surface area contributed by atoms with Gasteiger partial charge >= 0.3 is 5.97 Å². The van der Waals surface area contributed by atoms with E-state index in [0.29, 0.717) is 11.3 Å². The van der Waals surface area contributed by atoms with Crippen LogP contribution in [0.25, 0.3) is 0 Å². The van der Waals surface area contributed by atoms with Crippen molar-refractivity contribution in [2.75, 3.05) is 0 Å². The Hall–Kier alpha value is -1.42. The standard InChI is InChI=1S/C13H20N2O2/c1-5-10(14)11-9(7-6-8-15-11)12(16)17-13(2,3)4/h6-8,10H,5,14H2,1-4H3. The number of aromatic nitrogens is 1. The number of pyridine rings is 1. The van der Waals surface area contributed by atoms with Crippen molar-refractivity contribution in [1.29, 1.82) is 0 Å². The Morgan fingerprint density at radius 3 is 2.71 bits per heavy atom. The fourth-order valence-corrected chi connectivity index (χ4v) is 1.41. The molecule has 4 heteroatoms. The van der Waals surface area contributed by atoms with Crippen molar-refractivity contribution in [2.24, 2.45) is 5.73 Å². The Balaban J connectivity index is 3.01. The third-order valence-corrected chi connectivity index (χ3v) is 2.25. The molecule has 0 aliphatic rings. The van der Waals surface area contributed by atoms with Gasteiger partial charge < -0.3 is 10.5 Å². The number of hydrogen-bond donors (Lipinski definition) is 1. The van der Waals surface area contributed by atoms with E-state index in [9.17, 15) is 4.79 Å². The lowest BCUT2D eigenvalue weighted by atomic mass is 10.1. The first-order chi connectivity index (χ1) is 7.85. The maximum absolute atomic E-state index is 12.0. The summed E-state index contributed by atoms with van der Waals surface area (Å²) in [4.78, 5) is 16.2. The molecule has 0 saturated heterocycles. The zero-order valence-electron chi connectivity index (χ0n) is 10.9. The van der Waals surface area contributed by atoms with Crippen molar-refractivity contribution >= 4 is 5.97 Å². The highest BCUT2D eigenvalue weighted by Crippen LogP contribution is 2.19. The number of hydrogen-bond acceptors (Lipinski definition) is 4. The summed E-state index contributed by atoms with van der Waals surface area (Å²) in [6, 6.07) is 3.18. The first-order valence-corrected chi connectivity index (χ1v) is 5.79. The van der Waals surface area contributed by atoms with Crippen LogP contribution in [-0.4, -0.2) is 16.6 Å². The Bertz CT molecular complexity index is 397. The number of ether oxygens (including phenoxy) is 1. The molecule has 94 valence electrons. The topological polar surface area (TPSA) is 65.2 Å². The fraction of sp³-hybridized carbons (Fsp3) is 0.538. The van der Waals surface area contributed by atoms with E-state index in [-0.39, 0.29) is 12.0 Å². The lowest BCUT2D eigenvalue weighted by Gasteiger charge is -2.21. The second kappa shape index (κ2) is 5.27. The molecule has 1 aromatic rings. The lowest BCUT2D eigenvalue weighted by Crippen LogP contribution is -2.26. The monoisotopic (exact) mass is 236 g/mol. The summed E-state index contributed by atoms with van der Waals surface area (Å²) in [6.45, 7) is 7.46. The minimum absolute atomic E-state index is 0.237. The van der Waals surface area contributed by atoms with Gasteiger partial charge in [-0.15, -0.1) is 0 Å². The molecule has 1 unspecified atom stereocenters. The zero-order valence-corrected chi connectivity index (χ0v) is 10.9. The van der Waals surface area contributed by atoms with Crippen LogP contribution in [0, 0.1) is 0 Å². The molecular formula is C13H20N2O2. The molecule has 0 saturated carbocycles. The first kappa shape index (κ1) is 13.6. The van der Waals surface area contributed by atoms with Crippen molar-refractivity contribution < 1.29 is 9.53 Å². The van der Waals surface area contributed by atoms with Gasteiger partial charge in [0.05, 0.1) is 11.3 Å². The van der Waals surface area contributed by atoms with Crippen LogP contribution in [0.1, 0.15) is 56.2 Å². The van der Waals surface area contributed by atoms with E-state index in [1.165, 1.54) is 0 Å². The second-order valence-electron chi connectivity index (χ2n) is 4.95. The first-order valence-electron chi connectivity index (χ1n) is 5.79. The minimum atomic E-state index is -0.513. The molecular weight excluding hydrogens is 216 g/mol. The van der Waals surface area contributed by atoms with E-state index in [0.717, 1.165) is 6.42 Å². The van der Waals surface area contributed by atoms with E-state index >= 15 is 0 Å². The maximum atomic E-state index is 12.0. The Labute approximate surface area is 102 Å². The smallest absolute Gasteiger partial charge is 0.340 e. The van der Waals surface area contributed by atoms with E-state index < -0.39 is 5.60 Å². The van der Waals surface area contributed by atoms with E-state index in [2.05, 4.69) is 4.98 Å². The molecule has 1 heterocycles. The van der Waals surface area contributed by atoms with Crippen molar-refractivity contribution in [3.8, 4) is 0 Å². The van der Waals surface area contributed by atoms with Crippen LogP contribution >= 0.6 is 0 Å². The Morgan fingerprint density at radius 1 is 1.53 bits per heavy atom. The van der Waals surface area contributed by atoms with E-state index in [1.807, 2.05) is 27.7 Å². The summed E-state index contributed by atoms with van der Waals surface area (Å²) in [5.74, 6) is -0.371. The SMILES string of the molecule is CCC(N)c1ncccc1C(=O)OC(C)(C)C. The van der Waals surface area contributed by atoms with Gasteiger partial charge in [0, 0.05) is 12.2 Å². The van der Waals surface area contributed by atoms with Gasteiger partial charge in [0.15, 0.2) is 0 Å². The van der Waals surface area contributed by atoms with E-state index in [4.69, 9.17) is 10.5 Å². The van der Waals surface area contributed by atoms with Crippen LogP contribution in [0.15, 0.2) is 18.3 Å². The molecule has 0 bridgehead atoms.